The van der Waals surface area contributed by atoms with E-state index in [0.29, 0.717) is 11.3 Å². The highest BCUT2D eigenvalue weighted by atomic mass is 35.5. The third kappa shape index (κ3) is 2.44. The van der Waals surface area contributed by atoms with Crippen molar-refractivity contribution in [2.75, 3.05) is 5.88 Å². The molecule has 0 aliphatic carbocycles. The van der Waals surface area contributed by atoms with Gasteiger partial charge in [0.05, 0.1) is 10.8 Å². The zero-order chi connectivity index (χ0) is 10.6. The molecular formula is C9H7ClN2O2. The molecule has 1 aromatic heterocycles. The Kier molecular flexibility index (Phi) is 3.43. The van der Waals surface area contributed by atoms with Crippen LogP contribution in [-0.2, 0) is 0 Å². The van der Waals surface area contributed by atoms with E-state index >= 15 is 0 Å². The van der Waals surface area contributed by atoms with Crippen molar-refractivity contribution in [3.8, 4) is 11.8 Å². The molecule has 72 valence electrons. The molecule has 0 amide bonds. The van der Waals surface area contributed by atoms with Crippen LogP contribution in [0.1, 0.15) is 11.3 Å². The van der Waals surface area contributed by atoms with E-state index < -0.39 is 4.92 Å². The summed E-state index contributed by atoms with van der Waals surface area (Å²) >= 11 is 5.38. The topological polar surface area (TPSA) is 56.0 Å². The molecule has 0 spiro atoms. The third-order valence-electron chi connectivity index (χ3n) is 1.55. The fourth-order valence-corrected chi connectivity index (χ4v) is 0.975. The molecule has 0 atom stereocenters. The summed E-state index contributed by atoms with van der Waals surface area (Å²) in [4.78, 5) is 13.8. The molecule has 0 aliphatic rings. The highest BCUT2D eigenvalue weighted by molar-refractivity contribution is 6.19. The van der Waals surface area contributed by atoms with E-state index in [9.17, 15) is 10.1 Å². The summed E-state index contributed by atoms with van der Waals surface area (Å²) in [5.41, 5.74) is 1.17. The fraction of sp³-hybridized carbons (Fsp3) is 0.222. The molecule has 4 nitrogen and oxygen atoms in total. The Morgan fingerprint density at radius 2 is 2.43 bits per heavy atom. The van der Waals surface area contributed by atoms with Gasteiger partial charge >= 0.3 is 0 Å². The van der Waals surface area contributed by atoms with Crippen molar-refractivity contribution in [2.45, 2.75) is 6.92 Å². The van der Waals surface area contributed by atoms with Gasteiger partial charge in [0.1, 0.15) is 11.9 Å². The molecule has 0 aliphatic heterocycles. The number of nitro groups is 1. The first-order chi connectivity index (χ1) is 6.65. The van der Waals surface area contributed by atoms with E-state index in [1.807, 2.05) is 0 Å². The minimum Gasteiger partial charge on any atom is -0.258 e. The largest absolute Gasteiger partial charge is 0.287 e. The van der Waals surface area contributed by atoms with Crippen LogP contribution in [0.15, 0.2) is 12.3 Å². The van der Waals surface area contributed by atoms with E-state index in [4.69, 9.17) is 11.6 Å². The molecule has 0 aromatic carbocycles. The summed E-state index contributed by atoms with van der Waals surface area (Å²) in [5.74, 6) is 5.57. The zero-order valence-corrected chi connectivity index (χ0v) is 8.21. The average Bonchev–Trinajstić information content (AvgIpc) is 2.15. The van der Waals surface area contributed by atoms with Crippen LogP contribution < -0.4 is 0 Å². The van der Waals surface area contributed by atoms with Gasteiger partial charge in [-0.3, -0.25) is 10.1 Å². The SMILES string of the molecule is Cc1cc([N+](=O)[O-])cnc1C#CCCl. The number of hydrogen-bond donors (Lipinski definition) is 0. The maximum atomic E-state index is 10.4. The van der Waals surface area contributed by atoms with Crippen molar-refractivity contribution < 1.29 is 4.92 Å². The van der Waals surface area contributed by atoms with E-state index in [1.165, 1.54) is 12.3 Å². The van der Waals surface area contributed by atoms with Crippen molar-refractivity contribution in [2.24, 2.45) is 0 Å². The Labute approximate surface area is 86.1 Å². The van der Waals surface area contributed by atoms with Crippen molar-refractivity contribution >= 4 is 17.3 Å². The summed E-state index contributed by atoms with van der Waals surface area (Å²) in [7, 11) is 0. The second-order valence-corrected chi connectivity index (χ2v) is 2.82. The number of alkyl halides is 1. The fourth-order valence-electron chi connectivity index (χ4n) is 0.908. The Morgan fingerprint density at radius 3 is 2.93 bits per heavy atom. The summed E-state index contributed by atoms with van der Waals surface area (Å²) < 4.78 is 0. The maximum Gasteiger partial charge on any atom is 0.287 e. The first-order valence-corrected chi connectivity index (χ1v) is 4.34. The van der Waals surface area contributed by atoms with Crippen LogP contribution in [-0.4, -0.2) is 15.8 Å². The maximum absolute atomic E-state index is 10.4. The van der Waals surface area contributed by atoms with E-state index in [2.05, 4.69) is 16.8 Å². The third-order valence-corrected chi connectivity index (χ3v) is 1.68. The Bertz CT molecular complexity index is 421. The summed E-state index contributed by atoms with van der Waals surface area (Å²) in [5, 5.41) is 10.4. The highest BCUT2D eigenvalue weighted by Crippen LogP contribution is 2.13. The lowest BCUT2D eigenvalue weighted by molar-refractivity contribution is -0.385. The zero-order valence-electron chi connectivity index (χ0n) is 7.45. The summed E-state index contributed by atoms with van der Waals surface area (Å²) in [6.45, 7) is 1.72. The van der Waals surface area contributed by atoms with Crippen LogP contribution in [0.25, 0.3) is 0 Å². The molecule has 0 fully saturated rings. The predicted molar refractivity (Wildman–Crippen MR) is 53.2 cm³/mol. The van der Waals surface area contributed by atoms with Crippen LogP contribution in [0.3, 0.4) is 0 Å². The number of halogens is 1. The number of pyridine rings is 1. The molecule has 1 heterocycles. The summed E-state index contributed by atoms with van der Waals surface area (Å²) in [6.07, 6.45) is 1.19. The molecule has 0 unspecified atom stereocenters. The second kappa shape index (κ2) is 4.58. The van der Waals surface area contributed by atoms with Crippen LogP contribution in [0, 0.1) is 28.9 Å². The Hall–Kier alpha value is -1.60. The summed E-state index contributed by atoms with van der Waals surface area (Å²) in [6, 6.07) is 1.44. The van der Waals surface area contributed by atoms with Gasteiger partial charge in [0.2, 0.25) is 0 Å². The molecule has 5 heteroatoms. The quantitative estimate of drug-likeness (QED) is 0.308. The van der Waals surface area contributed by atoms with Crippen LogP contribution in [0.4, 0.5) is 5.69 Å². The van der Waals surface area contributed by atoms with Gasteiger partial charge in [-0.25, -0.2) is 4.98 Å². The van der Waals surface area contributed by atoms with Gasteiger partial charge in [-0.1, -0.05) is 5.92 Å². The molecule has 0 saturated carbocycles. The van der Waals surface area contributed by atoms with Crippen molar-refractivity contribution in [3.05, 3.63) is 33.6 Å². The van der Waals surface area contributed by atoms with Crippen LogP contribution >= 0.6 is 11.6 Å². The monoisotopic (exact) mass is 210 g/mol. The van der Waals surface area contributed by atoms with Gasteiger partial charge in [0.15, 0.2) is 0 Å². The number of aryl methyl sites for hydroxylation is 1. The molecular weight excluding hydrogens is 204 g/mol. The lowest BCUT2D eigenvalue weighted by atomic mass is 10.2. The van der Waals surface area contributed by atoms with E-state index in [-0.39, 0.29) is 11.6 Å². The Balaban J connectivity index is 3.07. The van der Waals surface area contributed by atoms with E-state index in [1.54, 1.807) is 6.92 Å². The van der Waals surface area contributed by atoms with Crippen molar-refractivity contribution in [1.82, 2.24) is 4.98 Å². The number of aromatic nitrogens is 1. The minimum atomic E-state index is -0.487. The molecule has 0 bridgehead atoms. The van der Waals surface area contributed by atoms with Gasteiger partial charge < -0.3 is 0 Å². The van der Waals surface area contributed by atoms with Gasteiger partial charge in [0.25, 0.3) is 5.69 Å². The van der Waals surface area contributed by atoms with Gasteiger partial charge in [-0.05, 0) is 18.4 Å². The Morgan fingerprint density at radius 1 is 1.71 bits per heavy atom. The van der Waals surface area contributed by atoms with Gasteiger partial charge in [0, 0.05) is 6.07 Å². The first kappa shape index (κ1) is 10.5. The lowest BCUT2D eigenvalue weighted by Gasteiger charge is -1.96. The number of nitrogens with zero attached hydrogens (tertiary/aromatic N) is 2. The molecule has 0 saturated heterocycles. The minimum absolute atomic E-state index is 0.0288. The molecule has 0 radical (unpaired) electrons. The van der Waals surface area contributed by atoms with E-state index in [0.717, 1.165) is 0 Å². The number of hydrogen-bond acceptors (Lipinski definition) is 3. The van der Waals surface area contributed by atoms with Crippen LogP contribution in [0.5, 0.6) is 0 Å². The molecule has 1 aromatic rings. The van der Waals surface area contributed by atoms with Gasteiger partial charge in [-0.15, -0.1) is 11.6 Å². The second-order valence-electron chi connectivity index (χ2n) is 2.55. The molecule has 14 heavy (non-hydrogen) atoms. The predicted octanol–water partition coefficient (Wildman–Crippen LogP) is 1.89. The lowest BCUT2D eigenvalue weighted by Crippen LogP contribution is -1.93. The van der Waals surface area contributed by atoms with Crippen molar-refractivity contribution in [3.63, 3.8) is 0 Å². The van der Waals surface area contributed by atoms with Crippen LogP contribution in [0.2, 0.25) is 0 Å². The number of rotatable bonds is 1. The van der Waals surface area contributed by atoms with Gasteiger partial charge in [-0.2, -0.15) is 0 Å². The highest BCUT2D eigenvalue weighted by Gasteiger charge is 2.07. The first-order valence-electron chi connectivity index (χ1n) is 3.81. The standard InChI is InChI=1S/C9H7ClN2O2/c1-7-5-8(12(13)14)6-11-9(7)3-2-4-10/h5-6H,4H2,1H3. The normalized spacial score (nSPS) is 9.00. The van der Waals surface area contributed by atoms with Crippen molar-refractivity contribution in [1.29, 1.82) is 0 Å². The smallest absolute Gasteiger partial charge is 0.258 e. The molecule has 0 N–H and O–H groups in total. The average molecular weight is 211 g/mol. The molecule has 1 rings (SSSR count).